The van der Waals surface area contributed by atoms with Gasteiger partial charge in [0.2, 0.25) is 0 Å². The van der Waals surface area contributed by atoms with E-state index in [9.17, 15) is 4.39 Å². The number of hydrogen-bond acceptors (Lipinski definition) is 2. The van der Waals surface area contributed by atoms with Gasteiger partial charge in [-0.3, -0.25) is 0 Å². The van der Waals surface area contributed by atoms with E-state index < -0.39 is 0 Å². The fourth-order valence-electron chi connectivity index (χ4n) is 2.32. The van der Waals surface area contributed by atoms with E-state index in [1.807, 2.05) is 26.1 Å². The molecule has 0 fully saturated rings. The van der Waals surface area contributed by atoms with Crippen LogP contribution in [0.1, 0.15) is 34.9 Å². The minimum Gasteiger partial charge on any atom is -0.313 e. The van der Waals surface area contributed by atoms with E-state index in [0.29, 0.717) is 0 Å². The lowest BCUT2D eigenvalue weighted by molar-refractivity contribution is 0.495. The lowest BCUT2D eigenvalue weighted by Crippen LogP contribution is -2.18. The zero-order chi connectivity index (χ0) is 13.7. The van der Waals surface area contributed by atoms with Crippen LogP contribution in [0.25, 0.3) is 0 Å². The zero-order valence-electron chi connectivity index (χ0n) is 11.4. The van der Waals surface area contributed by atoms with Gasteiger partial charge in [0, 0.05) is 16.5 Å². The fraction of sp³-hybridized carbons (Fsp3) is 0.375. The molecule has 0 aliphatic heterocycles. The molecule has 3 heteroatoms. The second-order valence-corrected chi connectivity index (χ2v) is 5.87. The van der Waals surface area contributed by atoms with Gasteiger partial charge >= 0.3 is 0 Å². The number of benzene rings is 1. The Bertz CT molecular complexity index is 507. The van der Waals surface area contributed by atoms with E-state index in [1.54, 1.807) is 17.4 Å². The monoisotopic (exact) mass is 277 g/mol. The van der Waals surface area contributed by atoms with Gasteiger partial charge in [-0.25, -0.2) is 4.39 Å². The Labute approximate surface area is 118 Å². The SMILES string of the molecule is CNC(CCCc1cccs1)c1cc(C)ccc1F. The molecule has 1 heterocycles. The molecule has 0 saturated heterocycles. The molecule has 1 aromatic heterocycles. The highest BCUT2D eigenvalue weighted by molar-refractivity contribution is 7.09. The summed E-state index contributed by atoms with van der Waals surface area (Å²) in [6.07, 6.45) is 3.09. The van der Waals surface area contributed by atoms with Gasteiger partial charge in [-0.15, -0.1) is 11.3 Å². The smallest absolute Gasteiger partial charge is 0.127 e. The van der Waals surface area contributed by atoms with Crippen molar-refractivity contribution in [1.29, 1.82) is 0 Å². The van der Waals surface area contributed by atoms with E-state index in [2.05, 4.69) is 22.8 Å². The van der Waals surface area contributed by atoms with Gasteiger partial charge in [0.05, 0.1) is 0 Å². The number of thiophene rings is 1. The van der Waals surface area contributed by atoms with Crippen molar-refractivity contribution in [1.82, 2.24) is 5.32 Å². The van der Waals surface area contributed by atoms with E-state index >= 15 is 0 Å². The van der Waals surface area contributed by atoms with Crippen LogP contribution in [0.5, 0.6) is 0 Å². The molecule has 0 saturated carbocycles. The maximum Gasteiger partial charge on any atom is 0.127 e. The van der Waals surface area contributed by atoms with Gasteiger partial charge in [0.15, 0.2) is 0 Å². The molecule has 2 rings (SSSR count). The predicted octanol–water partition coefficient (Wildman–Crippen LogP) is 4.48. The number of halogens is 1. The summed E-state index contributed by atoms with van der Waals surface area (Å²) in [6, 6.07) is 9.66. The van der Waals surface area contributed by atoms with Crippen LogP contribution in [0.3, 0.4) is 0 Å². The highest BCUT2D eigenvalue weighted by Gasteiger charge is 2.13. The van der Waals surface area contributed by atoms with Crippen molar-refractivity contribution in [3.8, 4) is 0 Å². The molecule has 19 heavy (non-hydrogen) atoms. The van der Waals surface area contributed by atoms with E-state index in [0.717, 1.165) is 30.4 Å². The molecule has 1 atom stereocenters. The summed E-state index contributed by atoms with van der Waals surface area (Å²) >= 11 is 1.79. The van der Waals surface area contributed by atoms with Gasteiger partial charge in [-0.1, -0.05) is 23.8 Å². The van der Waals surface area contributed by atoms with Crippen molar-refractivity contribution in [2.24, 2.45) is 0 Å². The molecule has 0 radical (unpaired) electrons. The lowest BCUT2D eigenvalue weighted by Gasteiger charge is -2.17. The Morgan fingerprint density at radius 3 is 2.84 bits per heavy atom. The highest BCUT2D eigenvalue weighted by Crippen LogP contribution is 2.24. The summed E-state index contributed by atoms with van der Waals surface area (Å²) in [5.74, 6) is -0.110. The van der Waals surface area contributed by atoms with Crippen molar-refractivity contribution < 1.29 is 4.39 Å². The van der Waals surface area contributed by atoms with Crippen LogP contribution < -0.4 is 5.32 Å². The van der Waals surface area contributed by atoms with Crippen molar-refractivity contribution in [3.05, 3.63) is 57.5 Å². The van der Waals surface area contributed by atoms with E-state index in [1.165, 1.54) is 4.88 Å². The van der Waals surface area contributed by atoms with Gasteiger partial charge in [0.25, 0.3) is 0 Å². The Kier molecular flexibility index (Phi) is 5.11. The van der Waals surface area contributed by atoms with Crippen LogP contribution in [0, 0.1) is 12.7 Å². The summed E-state index contributed by atoms with van der Waals surface area (Å²) in [6.45, 7) is 2.00. The van der Waals surface area contributed by atoms with Crippen LogP contribution in [0.2, 0.25) is 0 Å². The first-order valence-electron chi connectivity index (χ1n) is 6.66. The van der Waals surface area contributed by atoms with Crippen LogP contribution in [-0.2, 0) is 6.42 Å². The minimum absolute atomic E-state index is 0.0971. The average molecular weight is 277 g/mol. The van der Waals surface area contributed by atoms with Gasteiger partial charge in [-0.2, -0.15) is 0 Å². The van der Waals surface area contributed by atoms with E-state index in [-0.39, 0.29) is 11.9 Å². The molecule has 1 N–H and O–H groups in total. The Balaban J connectivity index is 1.97. The summed E-state index contributed by atoms with van der Waals surface area (Å²) in [5, 5.41) is 5.33. The minimum atomic E-state index is -0.110. The molecular weight excluding hydrogens is 257 g/mol. The van der Waals surface area contributed by atoms with Gasteiger partial charge < -0.3 is 5.32 Å². The molecule has 102 valence electrons. The summed E-state index contributed by atoms with van der Waals surface area (Å²) in [7, 11) is 1.90. The molecule has 0 aliphatic rings. The predicted molar refractivity (Wildman–Crippen MR) is 80.2 cm³/mol. The maximum absolute atomic E-state index is 13.9. The Morgan fingerprint density at radius 2 is 2.16 bits per heavy atom. The van der Waals surface area contributed by atoms with Gasteiger partial charge in [-0.05, 0) is 50.7 Å². The van der Waals surface area contributed by atoms with Crippen molar-refractivity contribution >= 4 is 11.3 Å². The average Bonchev–Trinajstić information content (AvgIpc) is 2.91. The number of hydrogen-bond donors (Lipinski definition) is 1. The number of nitrogens with one attached hydrogen (secondary N) is 1. The second-order valence-electron chi connectivity index (χ2n) is 4.84. The molecule has 1 unspecified atom stereocenters. The molecule has 1 nitrogen and oxygen atoms in total. The summed E-state index contributed by atoms with van der Waals surface area (Å²) < 4.78 is 13.9. The van der Waals surface area contributed by atoms with Crippen molar-refractivity contribution in [2.75, 3.05) is 7.05 Å². The van der Waals surface area contributed by atoms with E-state index in [4.69, 9.17) is 0 Å². The topological polar surface area (TPSA) is 12.0 Å². The lowest BCUT2D eigenvalue weighted by atomic mass is 9.98. The first-order chi connectivity index (χ1) is 9.20. The third-order valence-corrected chi connectivity index (χ3v) is 4.31. The zero-order valence-corrected chi connectivity index (χ0v) is 12.3. The quantitative estimate of drug-likeness (QED) is 0.821. The summed E-state index contributed by atoms with van der Waals surface area (Å²) in [5.41, 5.74) is 1.89. The maximum atomic E-state index is 13.9. The van der Waals surface area contributed by atoms with Crippen LogP contribution in [0.4, 0.5) is 4.39 Å². The fourth-order valence-corrected chi connectivity index (χ4v) is 3.07. The normalized spacial score (nSPS) is 12.6. The molecule has 1 aromatic carbocycles. The van der Waals surface area contributed by atoms with Gasteiger partial charge in [0.1, 0.15) is 5.82 Å². The third-order valence-electron chi connectivity index (χ3n) is 3.37. The third kappa shape index (κ3) is 3.88. The molecule has 2 aromatic rings. The van der Waals surface area contributed by atoms with Crippen molar-refractivity contribution in [2.45, 2.75) is 32.2 Å². The molecular formula is C16H20FNS. The number of aryl methyl sites for hydroxylation is 2. The first kappa shape index (κ1) is 14.2. The Morgan fingerprint density at radius 1 is 1.32 bits per heavy atom. The highest BCUT2D eigenvalue weighted by atomic mass is 32.1. The standard InChI is InChI=1S/C16H20FNS/c1-12-8-9-15(17)14(11-12)16(18-2)7-3-5-13-6-4-10-19-13/h4,6,8-11,16,18H,3,5,7H2,1-2H3. The van der Waals surface area contributed by atoms with Crippen LogP contribution >= 0.6 is 11.3 Å². The number of rotatable bonds is 6. The van der Waals surface area contributed by atoms with Crippen molar-refractivity contribution in [3.63, 3.8) is 0 Å². The van der Waals surface area contributed by atoms with Crippen LogP contribution in [-0.4, -0.2) is 7.05 Å². The molecule has 0 bridgehead atoms. The summed E-state index contributed by atoms with van der Waals surface area (Å²) in [4.78, 5) is 1.40. The Hall–Kier alpha value is -1.19. The molecule has 0 spiro atoms. The molecule has 0 amide bonds. The van der Waals surface area contributed by atoms with Crippen LogP contribution in [0.15, 0.2) is 35.7 Å². The largest absolute Gasteiger partial charge is 0.313 e. The molecule has 0 aliphatic carbocycles. The second kappa shape index (κ2) is 6.83. The first-order valence-corrected chi connectivity index (χ1v) is 7.54.